The number of ether oxygens (including phenoxy) is 1. The first-order chi connectivity index (χ1) is 11.7. The van der Waals surface area contributed by atoms with Crippen LogP contribution in [0.25, 0.3) is 0 Å². The molecule has 1 aliphatic heterocycles. The predicted molar refractivity (Wildman–Crippen MR) is 92.7 cm³/mol. The van der Waals surface area contributed by atoms with Gasteiger partial charge in [0, 0.05) is 50.0 Å². The van der Waals surface area contributed by atoms with Gasteiger partial charge in [-0.05, 0) is 19.1 Å². The van der Waals surface area contributed by atoms with Gasteiger partial charge in [0.25, 0.3) is 0 Å². The lowest BCUT2D eigenvalue weighted by molar-refractivity contribution is -0.117. The van der Waals surface area contributed by atoms with Gasteiger partial charge < -0.3 is 10.1 Å². The number of nitrogens with zero attached hydrogens (tertiary/aromatic N) is 3. The van der Waals surface area contributed by atoms with E-state index < -0.39 is 0 Å². The van der Waals surface area contributed by atoms with E-state index in [4.69, 9.17) is 4.74 Å². The predicted octanol–water partition coefficient (Wildman–Crippen LogP) is 2.31. The number of para-hydroxylation sites is 1. The highest BCUT2D eigenvalue weighted by Gasteiger charge is 2.23. The number of carbonyl (C=O) groups is 1. The number of amides is 1. The zero-order valence-electron chi connectivity index (χ0n) is 14.0. The van der Waals surface area contributed by atoms with Gasteiger partial charge in [0.2, 0.25) is 5.91 Å². The highest BCUT2D eigenvalue weighted by Crippen LogP contribution is 2.21. The van der Waals surface area contributed by atoms with E-state index in [0.29, 0.717) is 13.0 Å². The van der Waals surface area contributed by atoms with E-state index in [1.165, 1.54) is 0 Å². The largest absolute Gasteiger partial charge is 0.371 e. The Kier molecular flexibility index (Phi) is 5.61. The minimum Gasteiger partial charge on any atom is -0.371 e. The van der Waals surface area contributed by atoms with Crippen molar-refractivity contribution < 1.29 is 9.53 Å². The molecule has 6 heteroatoms. The Hall–Kier alpha value is -2.18. The van der Waals surface area contributed by atoms with Gasteiger partial charge in [-0.3, -0.25) is 14.4 Å². The summed E-state index contributed by atoms with van der Waals surface area (Å²) >= 11 is 0. The fourth-order valence-electron chi connectivity index (χ4n) is 2.83. The van der Waals surface area contributed by atoms with E-state index in [2.05, 4.69) is 22.2 Å². The molecule has 0 radical (unpaired) electrons. The number of benzene rings is 1. The molecular formula is C18H24N4O2. The quantitative estimate of drug-likeness (QED) is 0.884. The average Bonchev–Trinajstić information content (AvgIpc) is 3.10. The molecule has 1 aromatic heterocycles. The summed E-state index contributed by atoms with van der Waals surface area (Å²) in [6, 6.07) is 9.56. The topological polar surface area (TPSA) is 59.4 Å². The first-order valence-electron chi connectivity index (χ1n) is 8.46. The maximum Gasteiger partial charge on any atom is 0.225 e. The molecule has 1 aliphatic rings. The van der Waals surface area contributed by atoms with Crippen molar-refractivity contribution in [3.05, 3.63) is 48.3 Å². The monoisotopic (exact) mass is 328 g/mol. The van der Waals surface area contributed by atoms with E-state index in [1.54, 1.807) is 0 Å². The highest BCUT2D eigenvalue weighted by molar-refractivity contribution is 5.90. The van der Waals surface area contributed by atoms with Crippen LogP contribution in [0.15, 0.2) is 42.7 Å². The molecule has 1 aromatic carbocycles. The number of anilines is 1. The smallest absolute Gasteiger partial charge is 0.225 e. The fraction of sp³-hybridized carbons (Fsp3) is 0.444. The van der Waals surface area contributed by atoms with Crippen molar-refractivity contribution >= 4 is 11.6 Å². The Morgan fingerprint density at radius 1 is 1.38 bits per heavy atom. The Labute approximate surface area is 142 Å². The third kappa shape index (κ3) is 4.43. The number of nitrogens with one attached hydrogen (secondary N) is 1. The van der Waals surface area contributed by atoms with Crippen LogP contribution in [0.1, 0.15) is 25.0 Å². The van der Waals surface area contributed by atoms with E-state index in [0.717, 1.165) is 37.4 Å². The molecular weight excluding hydrogens is 304 g/mol. The Morgan fingerprint density at radius 2 is 2.21 bits per heavy atom. The van der Waals surface area contributed by atoms with Gasteiger partial charge in [0.1, 0.15) is 0 Å². The van der Waals surface area contributed by atoms with Gasteiger partial charge in [-0.2, -0.15) is 5.10 Å². The van der Waals surface area contributed by atoms with Crippen molar-refractivity contribution in [2.24, 2.45) is 0 Å². The van der Waals surface area contributed by atoms with Crippen LogP contribution in [0.3, 0.4) is 0 Å². The third-order valence-electron chi connectivity index (χ3n) is 4.21. The summed E-state index contributed by atoms with van der Waals surface area (Å²) in [5, 5.41) is 7.24. The van der Waals surface area contributed by atoms with Crippen LogP contribution in [0, 0.1) is 0 Å². The molecule has 1 N–H and O–H groups in total. The second kappa shape index (κ2) is 8.08. The maximum atomic E-state index is 12.1. The Balaban J connectivity index is 1.47. The lowest BCUT2D eigenvalue weighted by atomic mass is 10.1. The van der Waals surface area contributed by atoms with E-state index >= 15 is 0 Å². The molecule has 24 heavy (non-hydrogen) atoms. The SMILES string of the molecule is CCn1cc([C@@H]2CN(CCC(=O)Nc3ccccc3)CCO2)cn1. The molecule has 1 atom stereocenters. The summed E-state index contributed by atoms with van der Waals surface area (Å²) in [5.41, 5.74) is 1.95. The van der Waals surface area contributed by atoms with Crippen molar-refractivity contribution in [1.29, 1.82) is 0 Å². The molecule has 1 amide bonds. The molecule has 2 heterocycles. The normalized spacial score (nSPS) is 18.5. The molecule has 1 fully saturated rings. The van der Waals surface area contributed by atoms with Crippen LogP contribution in [-0.2, 0) is 16.1 Å². The van der Waals surface area contributed by atoms with Gasteiger partial charge in [-0.1, -0.05) is 18.2 Å². The number of morpholine rings is 1. The lowest BCUT2D eigenvalue weighted by Gasteiger charge is -2.32. The fourth-order valence-corrected chi connectivity index (χ4v) is 2.83. The van der Waals surface area contributed by atoms with Crippen LogP contribution < -0.4 is 5.32 Å². The van der Waals surface area contributed by atoms with Gasteiger partial charge >= 0.3 is 0 Å². The zero-order valence-corrected chi connectivity index (χ0v) is 14.0. The number of hydrogen-bond acceptors (Lipinski definition) is 4. The second-order valence-corrected chi connectivity index (χ2v) is 5.95. The van der Waals surface area contributed by atoms with Gasteiger partial charge in [-0.25, -0.2) is 0 Å². The van der Waals surface area contributed by atoms with Crippen LogP contribution in [0.4, 0.5) is 5.69 Å². The zero-order chi connectivity index (χ0) is 16.8. The van der Waals surface area contributed by atoms with E-state index in [9.17, 15) is 4.79 Å². The third-order valence-corrected chi connectivity index (χ3v) is 4.21. The average molecular weight is 328 g/mol. The molecule has 128 valence electrons. The van der Waals surface area contributed by atoms with Crippen LogP contribution >= 0.6 is 0 Å². The summed E-state index contributed by atoms with van der Waals surface area (Å²) in [6.45, 7) is 6.00. The van der Waals surface area contributed by atoms with Crippen molar-refractivity contribution in [2.75, 3.05) is 31.6 Å². The van der Waals surface area contributed by atoms with Crippen LogP contribution in [0.5, 0.6) is 0 Å². The Bertz CT molecular complexity index is 656. The summed E-state index contributed by atoms with van der Waals surface area (Å²) in [7, 11) is 0. The molecule has 0 spiro atoms. The number of hydrogen-bond donors (Lipinski definition) is 1. The van der Waals surface area contributed by atoms with E-state index in [-0.39, 0.29) is 12.0 Å². The van der Waals surface area contributed by atoms with Crippen molar-refractivity contribution in [3.63, 3.8) is 0 Å². The minimum absolute atomic E-state index is 0.0382. The molecule has 6 nitrogen and oxygen atoms in total. The molecule has 0 unspecified atom stereocenters. The highest BCUT2D eigenvalue weighted by atomic mass is 16.5. The van der Waals surface area contributed by atoms with Gasteiger partial charge in [-0.15, -0.1) is 0 Å². The van der Waals surface area contributed by atoms with Crippen molar-refractivity contribution in [1.82, 2.24) is 14.7 Å². The standard InChI is InChI=1S/C18H24N4O2/c1-2-22-13-15(12-19-22)17-14-21(10-11-24-17)9-8-18(23)20-16-6-4-3-5-7-16/h3-7,12-13,17H,2,8-11,14H2,1H3,(H,20,23)/t17-/m0/s1. The number of aromatic nitrogens is 2. The summed E-state index contributed by atoms with van der Waals surface area (Å²) in [4.78, 5) is 14.3. The minimum atomic E-state index is 0.0382. The second-order valence-electron chi connectivity index (χ2n) is 5.95. The van der Waals surface area contributed by atoms with Gasteiger partial charge in [0.15, 0.2) is 0 Å². The first kappa shape index (κ1) is 16.7. The number of aryl methyl sites for hydroxylation is 1. The number of carbonyl (C=O) groups excluding carboxylic acids is 1. The molecule has 0 bridgehead atoms. The summed E-state index contributed by atoms with van der Waals surface area (Å²) in [5.74, 6) is 0.0445. The first-order valence-corrected chi connectivity index (χ1v) is 8.46. The van der Waals surface area contributed by atoms with Crippen molar-refractivity contribution in [2.45, 2.75) is 26.0 Å². The van der Waals surface area contributed by atoms with Crippen LogP contribution in [0.2, 0.25) is 0 Å². The molecule has 1 saturated heterocycles. The molecule has 3 rings (SSSR count). The molecule has 0 saturated carbocycles. The summed E-state index contributed by atoms with van der Waals surface area (Å²) in [6.07, 6.45) is 4.43. The molecule has 2 aromatic rings. The van der Waals surface area contributed by atoms with Gasteiger partial charge in [0.05, 0.1) is 18.9 Å². The van der Waals surface area contributed by atoms with E-state index in [1.807, 2.05) is 47.4 Å². The van der Waals surface area contributed by atoms with Crippen LogP contribution in [-0.4, -0.2) is 46.8 Å². The molecule has 0 aliphatic carbocycles. The number of rotatable bonds is 6. The lowest BCUT2D eigenvalue weighted by Crippen LogP contribution is -2.39. The van der Waals surface area contributed by atoms with Crippen molar-refractivity contribution in [3.8, 4) is 0 Å². The summed E-state index contributed by atoms with van der Waals surface area (Å²) < 4.78 is 7.77. The maximum absolute atomic E-state index is 12.1. The Morgan fingerprint density at radius 3 is 2.96 bits per heavy atom.